The zero-order valence-electron chi connectivity index (χ0n) is 13.9. The number of rotatable bonds is 6. The summed E-state index contributed by atoms with van der Waals surface area (Å²) in [7, 11) is 2.41. The summed E-state index contributed by atoms with van der Waals surface area (Å²) < 4.78 is 9.26. The molecule has 0 aromatic rings. The van der Waals surface area contributed by atoms with Gasteiger partial charge in [0, 0.05) is 5.92 Å². The molecule has 0 saturated heterocycles. The van der Waals surface area contributed by atoms with Crippen LogP contribution in [0.3, 0.4) is 0 Å². The number of carbonyl (C=O) groups is 3. The van der Waals surface area contributed by atoms with Gasteiger partial charge in [0.2, 0.25) is 0 Å². The molecule has 0 aromatic carbocycles. The molecule has 0 amide bonds. The van der Waals surface area contributed by atoms with Crippen molar-refractivity contribution in [1.82, 2.24) is 0 Å². The van der Waals surface area contributed by atoms with E-state index in [1.165, 1.54) is 20.3 Å². The van der Waals surface area contributed by atoms with Gasteiger partial charge in [0.05, 0.1) is 14.2 Å². The standard InChI is InChI=1S/C16H26O5/c1-10(12(17)8-9-16(3,4)5)11(2)13(14(18)20-6)15(19)21-7/h8-11,13H,1-7H3/b9-8+/t10-,11-/m1/s1. The van der Waals surface area contributed by atoms with Crippen LogP contribution in [0.25, 0.3) is 0 Å². The van der Waals surface area contributed by atoms with E-state index in [-0.39, 0.29) is 11.2 Å². The Hall–Kier alpha value is -1.65. The van der Waals surface area contributed by atoms with E-state index in [2.05, 4.69) is 9.47 Å². The van der Waals surface area contributed by atoms with Crippen LogP contribution in [-0.2, 0) is 23.9 Å². The van der Waals surface area contributed by atoms with Crippen molar-refractivity contribution in [2.75, 3.05) is 14.2 Å². The molecule has 0 bridgehead atoms. The monoisotopic (exact) mass is 298 g/mol. The molecule has 21 heavy (non-hydrogen) atoms. The van der Waals surface area contributed by atoms with E-state index < -0.39 is 29.7 Å². The van der Waals surface area contributed by atoms with Gasteiger partial charge < -0.3 is 9.47 Å². The molecule has 5 nitrogen and oxygen atoms in total. The lowest BCUT2D eigenvalue weighted by Gasteiger charge is -2.24. The van der Waals surface area contributed by atoms with Gasteiger partial charge in [-0.3, -0.25) is 14.4 Å². The summed E-state index contributed by atoms with van der Waals surface area (Å²) in [6.07, 6.45) is 3.32. The maximum atomic E-state index is 12.2. The van der Waals surface area contributed by atoms with Crippen LogP contribution < -0.4 is 0 Å². The molecule has 2 atom stereocenters. The Kier molecular flexibility index (Phi) is 7.33. The molecule has 0 heterocycles. The first-order valence-corrected chi connectivity index (χ1v) is 6.94. The van der Waals surface area contributed by atoms with E-state index >= 15 is 0 Å². The minimum atomic E-state index is -1.10. The molecule has 0 spiro atoms. The van der Waals surface area contributed by atoms with Crippen LogP contribution in [-0.4, -0.2) is 31.9 Å². The summed E-state index contributed by atoms with van der Waals surface area (Å²) in [5.74, 6) is -3.60. The first-order chi connectivity index (χ1) is 9.55. The average molecular weight is 298 g/mol. The Labute approximate surface area is 126 Å². The number of hydrogen-bond donors (Lipinski definition) is 0. The topological polar surface area (TPSA) is 69.7 Å². The summed E-state index contributed by atoms with van der Waals surface area (Å²) >= 11 is 0. The van der Waals surface area contributed by atoms with Gasteiger partial charge >= 0.3 is 11.9 Å². The molecule has 0 unspecified atom stereocenters. The largest absolute Gasteiger partial charge is 0.468 e. The van der Waals surface area contributed by atoms with Crippen molar-refractivity contribution in [1.29, 1.82) is 0 Å². The fourth-order valence-corrected chi connectivity index (χ4v) is 1.81. The van der Waals surface area contributed by atoms with Crippen LogP contribution in [0.2, 0.25) is 0 Å². The number of ketones is 1. The SMILES string of the molecule is COC(=O)C(C(=O)OC)[C@H](C)[C@@H](C)C(=O)/C=C/C(C)(C)C. The predicted octanol–water partition coefficient (Wildman–Crippen LogP) is 2.39. The quantitative estimate of drug-likeness (QED) is 0.428. The molecule has 0 saturated carbocycles. The molecule has 0 aliphatic heterocycles. The van der Waals surface area contributed by atoms with Crippen molar-refractivity contribution in [2.45, 2.75) is 34.6 Å². The molecule has 0 rings (SSSR count). The lowest BCUT2D eigenvalue weighted by atomic mass is 9.81. The Balaban J connectivity index is 5.13. The van der Waals surface area contributed by atoms with Gasteiger partial charge in [0.25, 0.3) is 0 Å². The molecular formula is C16H26O5. The fourth-order valence-electron chi connectivity index (χ4n) is 1.81. The van der Waals surface area contributed by atoms with Gasteiger partial charge in [0.15, 0.2) is 11.7 Å². The highest BCUT2D eigenvalue weighted by Crippen LogP contribution is 2.25. The highest BCUT2D eigenvalue weighted by atomic mass is 16.5. The molecule has 0 aliphatic carbocycles. The van der Waals surface area contributed by atoms with E-state index in [9.17, 15) is 14.4 Å². The Morgan fingerprint density at radius 2 is 1.38 bits per heavy atom. The second kappa shape index (κ2) is 7.96. The van der Waals surface area contributed by atoms with Crippen LogP contribution >= 0.6 is 0 Å². The third-order valence-corrected chi connectivity index (χ3v) is 3.42. The number of methoxy groups -OCH3 is 2. The van der Waals surface area contributed by atoms with Crippen LogP contribution in [0, 0.1) is 23.2 Å². The van der Waals surface area contributed by atoms with Gasteiger partial charge in [-0.15, -0.1) is 0 Å². The lowest BCUT2D eigenvalue weighted by Crippen LogP contribution is -2.37. The highest BCUT2D eigenvalue weighted by Gasteiger charge is 2.38. The molecule has 0 aliphatic rings. The van der Waals surface area contributed by atoms with Crippen molar-refractivity contribution in [3.8, 4) is 0 Å². The lowest BCUT2D eigenvalue weighted by molar-refractivity contribution is -0.162. The third kappa shape index (κ3) is 6.10. The second-order valence-electron chi connectivity index (χ2n) is 6.27. The number of carbonyl (C=O) groups excluding carboxylic acids is 3. The third-order valence-electron chi connectivity index (χ3n) is 3.42. The number of allylic oxidation sites excluding steroid dienone is 2. The molecule has 120 valence electrons. The normalized spacial score (nSPS) is 14.9. The number of hydrogen-bond acceptors (Lipinski definition) is 5. The van der Waals surface area contributed by atoms with E-state index in [0.29, 0.717) is 0 Å². The molecule has 0 fully saturated rings. The summed E-state index contributed by atoms with van der Waals surface area (Å²) in [6.45, 7) is 9.31. The minimum Gasteiger partial charge on any atom is -0.468 e. The zero-order valence-corrected chi connectivity index (χ0v) is 13.9. The van der Waals surface area contributed by atoms with Crippen molar-refractivity contribution in [2.24, 2.45) is 23.2 Å². The van der Waals surface area contributed by atoms with E-state index in [0.717, 1.165) is 0 Å². The molecule has 5 heteroatoms. The molecule has 0 N–H and O–H groups in total. The zero-order chi connectivity index (χ0) is 16.8. The first kappa shape index (κ1) is 19.4. The Bertz CT molecular complexity index is 401. The maximum absolute atomic E-state index is 12.2. The summed E-state index contributed by atoms with van der Waals surface area (Å²) in [6, 6.07) is 0. The summed E-state index contributed by atoms with van der Waals surface area (Å²) in [5, 5.41) is 0. The van der Waals surface area contributed by atoms with Gasteiger partial charge in [0.1, 0.15) is 0 Å². The van der Waals surface area contributed by atoms with Gasteiger partial charge in [-0.25, -0.2) is 0 Å². The number of ether oxygens (including phenoxy) is 2. The predicted molar refractivity (Wildman–Crippen MR) is 79.5 cm³/mol. The van der Waals surface area contributed by atoms with Crippen LogP contribution in [0.1, 0.15) is 34.6 Å². The van der Waals surface area contributed by atoms with Crippen LogP contribution in [0.4, 0.5) is 0 Å². The maximum Gasteiger partial charge on any atom is 0.320 e. The first-order valence-electron chi connectivity index (χ1n) is 6.94. The van der Waals surface area contributed by atoms with Crippen molar-refractivity contribution in [3.63, 3.8) is 0 Å². The summed E-state index contributed by atoms with van der Waals surface area (Å²) in [4.78, 5) is 35.7. The van der Waals surface area contributed by atoms with Crippen molar-refractivity contribution < 1.29 is 23.9 Å². The van der Waals surface area contributed by atoms with Gasteiger partial charge in [-0.1, -0.05) is 40.7 Å². The molecule has 0 aromatic heterocycles. The van der Waals surface area contributed by atoms with Crippen LogP contribution in [0.15, 0.2) is 12.2 Å². The smallest absolute Gasteiger partial charge is 0.320 e. The minimum absolute atomic E-state index is 0.108. The number of esters is 2. The Morgan fingerprint density at radius 1 is 0.952 bits per heavy atom. The molecule has 0 radical (unpaired) electrons. The van der Waals surface area contributed by atoms with E-state index in [4.69, 9.17) is 0 Å². The van der Waals surface area contributed by atoms with Gasteiger partial charge in [-0.05, 0) is 17.4 Å². The van der Waals surface area contributed by atoms with E-state index in [1.807, 2.05) is 26.8 Å². The van der Waals surface area contributed by atoms with Gasteiger partial charge in [-0.2, -0.15) is 0 Å². The highest BCUT2D eigenvalue weighted by molar-refractivity contribution is 5.97. The molecular weight excluding hydrogens is 272 g/mol. The van der Waals surface area contributed by atoms with E-state index in [1.54, 1.807) is 13.8 Å². The Morgan fingerprint density at radius 3 is 1.71 bits per heavy atom. The van der Waals surface area contributed by atoms with Crippen molar-refractivity contribution >= 4 is 17.7 Å². The van der Waals surface area contributed by atoms with Crippen LogP contribution in [0.5, 0.6) is 0 Å². The summed E-state index contributed by atoms with van der Waals surface area (Å²) in [5.41, 5.74) is -0.108. The average Bonchev–Trinajstić information content (AvgIpc) is 2.42. The van der Waals surface area contributed by atoms with Crippen molar-refractivity contribution in [3.05, 3.63) is 12.2 Å². The second-order valence-corrected chi connectivity index (χ2v) is 6.27. The fraction of sp³-hybridized carbons (Fsp3) is 0.688.